The average Bonchev–Trinajstić information content (AvgIpc) is 3.30. The Morgan fingerprint density at radius 2 is 2.17 bits per heavy atom. The van der Waals surface area contributed by atoms with Gasteiger partial charge in [-0.3, -0.25) is 4.79 Å². The maximum atomic E-state index is 14.0. The zero-order valence-electron chi connectivity index (χ0n) is 16.5. The van der Waals surface area contributed by atoms with E-state index in [1.165, 1.54) is 19.2 Å². The summed E-state index contributed by atoms with van der Waals surface area (Å²) in [4.78, 5) is 19.0. The Hall–Kier alpha value is -3.30. The number of piperidine rings is 1. The molecule has 0 N–H and O–H groups in total. The number of nitrogens with zero attached hydrogens (tertiary/aromatic N) is 6. The number of carbonyl (C=O) groups excluding carboxylic acids is 1. The minimum Gasteiger partial charge on any atom is -0.494 e. The molecule has 9 nitrogen and oxygen atoms in total. The fourth-order valence-electron chi connectivity index (χ4n) is 3.74. The van der Waals surface area contributed by atoms with Crippen molar-refractivity contribution in [3.63, 3.8) is 0 Å². The average molecular weight is 412 g/mol. The summed E-state index contributed by atoms with van der Waals surface area (Å²) in [6.07, 6.45) is 5.64. The lowest BCUT2D eigenvalue weighted by Gasteiger charge is -2.32. The molecule has 2 fully saturated rings. The molecule has 1 amide bonds. The van der Waals surface area contributed by atoms with Crippen molar-refractivity contribution in [1.82, 2.24) is 30.0 Å². The summed E-state index contributed by atoms with van der Waals surface area (Å²) < 4.78 is 26.0. The molecule has 1 aliphatic carbocycles. The second-order valence-electron chi connectivity index (χ2n) is 7.71. The van der Waals surface area contributed by atoms with Gasteiger partial charge in [0, 0.05) is 24.6 Å². The SMILES string of the molecule is COc1ccc(C(=O)N2CCCC(n3cc(-c4nc(C5CC5)no4)nn3)C2)cc1F. The lowest BCUT2D eigenvalue weighted by Crippen LogP contribution is -2.40. The molecule has 156 valence electrons. The van der Waals surface area contributed by atoms with Gasteiger partial charge < -0.3 is 14.2 Å². The molecule has 10 heteroatoms. The maximum Gasteiger partial charge on any atom is 0.280 e. The van der Waals surface area contributed by atoms with Crippen LogP contribution in [0, 0.1) is 5.82 Å². The van der Waals surface area contributed by atoms with Crippen molar-refractivity contribution in [2.45, 2.75) is 37.6 Å². The van der Waals surface area contributed by atoms with Gasteiger partial charge in [-0.05, 0) is 43.9 Å². The molecule has 0 radical (unpaired) electrons. The van der Waals surface area contributed by atoms with E-state index in [1.54, 1.807) is 21.8 Å². The Morgan fingerprint density at radius 1 is 1.30 bits per heavy atom. The lowest BCUT2D eigenvalue weighted by molar-refractivity contribution is 0.0671. The van der Waals surface area contributed by atoms with Gasteiger partial charge in [0.25, 0.3) is 11.8 Å². The molecule has 30 heavy (non-hydrogen) atoms. The van der Waals surface area contributed by atoms with Crippen LogP contribution in [0.15, 0.2) is 28.9 Å². The summed E-state index contributed by atoms with van der Waals surface area (Å²) in [5, 5.41) is 12.4. The second-order valence-corrected chi connectivity index (χ2v) is 7.71. The molecule has 0 bridgehead atoms. The number of aromatic nitrogens is 5. The molecule has 2 aliphatic rings. The first-order valence-corrected chi connectivity index (χ1v) is 10.0. The summed E-state index contributed by atoms with van der Waals surface area (Å²) >= 11 is 0. The van der Waals surface area contributed by atoms with Crippen LogP contribution in [-0.4, -0.2) is 56.1 Å². The van der Waals surface area contributed by atoms with Gasteiger partial charge >= 0.3 is 0 Å². The Labute approximate surface area is 171 Å². The number of hydrogen-bond donors (Lipinski definition) is 0. The van der Waals surface area contributed by atoms with Crippen molar-refractivity contribution >= 4 is 5.91 Å². The first kappa shape index (κ1) is 18.7. The van der Waals surface area contributed by atoms with Crippen LogP contribution in [0.4, 0.5) is 4.39 Å². The van der Waals surface area contributed by atoms with Gasteiger partial charge in [-0.1, -0.05) is 10.4 Å². The van der Waals surface area contributed by atoms with Gasteiger partial charge in [-0.15, -0.1) is 5.10 Å². The van der Waals surface area contributed by atoms with Crippen molar-refractivity contribution in [2.24, 2.45) is 0 Å². The van der Waals surface area contributed by atoms with Crippen LogP contribution in [-0.2, 0) is 0 Å². The highest BCUT2D eigenvalue weighted by Crippen LogP contribution is 2.38. The summed E-state index contributed by atoms with van der Waals surface area (Å²) in [7, 11) is 1.39. The molecule has 3 aromatic rings. The molecule has 1 unspecified atom stereocenters. The topological polar surface area (TPSA) is 99.2 Å². The van der Waals surface area contributed by atoms with E-state index < -0.39 is 5.82 Å². The molecule has 3 heterocycles. The Morgan fingerprint density at radius 3 is 2.93 bits per heavy atom. The van der Waals surface area contributed by atoms with E-state index in [-0.39, 0.29) is 17.7 Å². The Balaban J connectivity index is 1.30. The quantitative estimate of drug-likeness (QED) is 0.635. The number of likely N-dealkylation sites (tertiary alicyclic amines) is 1. The van der Waals surface area contributed by atoms with E-state index in [0.29, 0.717) is 36.2 Å². The Kier molecular flexibility index (Phi) is 4.68. The van der Waals surface area contributed by atoms with Crippen molar-refractivity contribution in [3.8, 4) is 17.3 Å². The fraction of sp³-hybridized carbons (Fsp3) is 0.450. The van der Waals surface area contributed by atoms with Crippen LogP contribution in [0.3, 0.4) is 0 Å². The number of rotatable bonds is 5. The predicted octanol–water partition coefficient (Wildman–Crippen LogP) is 2.83. The minimum atomic E-state index is -0.553. The molecule has 5 rings (SSSR count). The van der Waals surface area contributed by atoms with E-state index in [9.17, 15) is 9.18 Å². The number of ether oxygens (including phenoxy) is 1. The van der Waals surface area contributed by atoms with E-state index in [2.05, 4.69) is 20.5 Å². The van der Waals surface area contributed by atoms with E-state index >= 15 is 0 Å². The fourth-order valence-corrected chi connectivity index (χ4v) is 3.74. The molecule has 1 aliphatic heterocycles. The highest BCUT2D eigenvalue weighted by Gasteiger charge is 2.30. The number of halogens is 1. The van der Waals surface area contributed by atoms with Crippen LogP contribution in [0.2, 0.25) is 0 Å². The molecule has 1 atom stereocenters. The largest absolute Gasteiger partial charge is 0.494 e. The number of methoxy groups -OCH3 is 1. The Bertz CT molecular complexity index is 1080. The number of hydrogen-bond acceptors (Lipinski definition) is 7. The summed E-state index contributed by atoms with van der Waals surface area (Å²) in [5.74, 6) is 0.833. The monoisotopic (exact) mass is 412 g/mol. The number of amides is 1. The maximum absolute atomic E-state index is 14.0. The summed E-state index contributed by atoms with van der Waals surface area (Å²) in [6, 6.07) is 4.23. The second kappa shape index (κ2) is 7.51. The van der Waals surface area contributed by atoms with Crippen LogP contribution in [0.5, 0.6) is 5.75 Å². The number of benzene rings is 1. The first-order valence-electron chi connectivity index (χ1n) is 10.0. The summed E-state index contributed by atoms with van der Waals surface area (Å²) in [5.41, 5.74) is 0.821. The highest BCUT2D eigenvalue weighted by atomic mass is 19.1. The van der Waals surface area contributed by atoms with E-state index in [1.807, 2.05) is 0 Å². The zero-order valence-corrected chi connectivity index (χ0v) is 16.5. The molecule has 1 saturated heterocycles. The molecule has 0 spiro atoms. The molecular formula is C20H21FN6O3. The zero-order chi connectivity index (χ0) is 20.7. The normalized spacial score (nSPS) is 19.1. The first-order chi connectivity index (χ1) is 14.6. The molecule has 1 saturated carbocycles. The van der Waals surface area contributed by atoms with Crippen molar-refractivity contribution in [2.75, 3.05) is 20.2 Å². The van der Waals surface area contributed by atoms with Gasteiger partial charge in [0.2, 0.25) is 0 Å². The smallest absolute Gasteiger partial charge is 0.280 e. The summed E-state index contributed by atoms with van der Waals surface area (Å²) in [6.45, 7) is 1.07. The van der Waals surface area contributed by atoms with Gasteiger partial charge in [-0.2, -0.15) is 4.98 Å². The number of carbonyl (C=O) groups is 1. The van der Waals surface area contributed by atoms with Crippen LogP contribution in [0.1, 0.15) is 53.8 Å². The van der Waals surface area contributed by atoms with Crippen molar-refractivity contribution in [1.29, 1.82) is 0 Å². The van der Waals surface area contributed by atoms with E-state index in [0.717, 1.165) is 31.5 Å². The molecule has 2 aromatic heterocycles. The third kappa shape index (κ3) is 3.53. The van der Waals surface area contributed by atoms with Gasteiger partial charge in [0.1, 0.15) is 0 Å². The van der Waals surface area contributed by atoms with Crippen molar-refractivity contribution < 1.29 is 18.4 Å². The predicted molar refractivity (Wildman–Crippen MR) is 102 cm³/mol. The van der Waals surface area contributed by atoms with Crippen LogP contribution >= 0.6 is 0 Å². The van der Waals surface area contributed by atoms with Crippen LogP contribution < -0.4 is 4.74 Å². The third-order valence-electron chi connectivity index (χ3n) is 5.57. The molecule has 1 aromatic carbocycles. The van der Waals surface area contributed by atoms with E-state index in [4.69, 9.17) is 9.26 Å². The van der Waals surface area contributed by atoms with Gasteiger partial charge in [0.15, 0.2) is 23.1 Å². The lowest BCUT2D eigenvalue weighted by atomic mass is 10.0. The van der Waals surface area contributed by atoms with Gasteiger partial charge in [-0.25, -0.2) is 9.07 Å². The van der Waals surface area contributed by atoms with Crippen LogP contribution in [0.25, 0.3) is 11.6 Å². The van der Waals surface area contributed by atoms with Crippen molar-refractivity contribution in [3.05, 3.63) is 41.6 Å². The standard InChI is InChI=1S/C20H21FN6O3/c1-29-17-7-6-13(9-15(17)21)20(28)26-8-2-3-14(10-26)27-11-16(23-25-27)19-22-18(24-30-19)12-4-5-12/h6-7,9,11-12,14H,2-5,8,10H2,1H3. The molecular weight excluding hydrogens is 391 g/mol. The van der Waals surface area contributed by atoms with Gasteiger partial charge in [0.05, 0.1) is 19.3 Å². The minimum absolute atomic E-state index is 0.0298. The third-order valence-corrected chi connectivity index (χ3v) is 5.57. The highest BCUT2D eigenvalue weighted by molar-refractivity contribution is 5.94.